The van der Waals surface area contributed by atoms with Crippen LogP contribution in [0.4, 0.5) is 11.5 Å². The number of hydrazine groups is 1. The van der Waals surface area contributed by atoms with Crippen LogP contribution in [0.1, 0.15) is 0 Å². The predicted molar refractivity (Wildman–Crippen MR) is 52.9 cm³/mol. The van der Waals surface area contributed by atoms with Gasteiger partial charge in [-0.15, -0.1) is 5.17 Å². The van der Waals surface area contributed by atoms with E-state index < -0.39 is 0 Å². The molecular weight excluding hydrogens is 180 g/mol. The van der Waals surface area contributed by atoms with Crippen molar-refractivity contribution in [1.29, 1.82) is 0 Å². The first-order valence-corrected chi connectivity index (χ1v) is 4.16. The van der Waals surface area contributed by atoms with Gasteiger partial charge in [-0.05, 0) is 12.1 Å². The Balaban J connectivity index is 2.06. The smallest absolute Gasteiger partial charge is 0.172 e. The first-order chi connectivity index (χ1) is 6.86. The van der Waals surface area contributed by atoms with Gasteiger partial charge in [0.15, 0.2) is 5.82 Å². The number of hydrogen-bond acceptors (Lipinski definition) is 4. The molecule has 0 aliphatic heterocycles. The van der Waals surface area contributed by atoms with Gasteiger partial charge in [0.05, 0.1) is 11.9 Å². The zero-order valence-corrected chi connectivity index (χ0v) is 7.38. The van der Waals surface area contributed by atoms with Gasteiger partial charge in [-0.1, -0.05) is 18.2 Å². The largest absolute Gasteiger partial charge is 0.273 e. The average Bonchev–Trinajstić information content (AvgIpc) is 2.72. The normalized spacial score (nSPS) is 9.79. The molecule has 0 bridgehead atoms. The molecule has 0 aliphatic rings. The van der Waals surface area contributed by atoms with Crippen LogP contribution in [0.2, 0.25) is 0 Å². The summed E-state index contributed by atoms with van der Waals surface area (Å²) in [5, 5.41) is 16.7. The van der Waals surface area contributed by atoms with Crippen molar-refractivity contribution in [2.24, 2.45) is 0 Å². The molecule has 1 aromatic carbocycles. The molecule has 72 valence electrons. The first-order valence-electron chi connectivity index (χ1n) is 4.16. The summed E-state index contributed by atoms with van der Waals surface area (Å²) in [7, 11) is 0. The maximum Gasteiger partial charge on any atom is 0.172 e. The number of anilines is 2. The lowest BCUT2D eigenvalue weighted by Gasteiger charge is -2.16. The van der Waals surface area contributed by atoms with Crippen molar-refractivity contribution in [3.8, 4) is 0 Å². The zero-order chi connectivity index (χ0) is 9.80. The molecule has 0 radical (unpaired) electrons. The first kappa shape index (κ1) is 8.58. The van der Waals surface area contributed by atoms with Gasteiger partial charge >= 0.3 is 0 Å². The number of aromatic nitrogens is 2. The van der Waals surface area contributed by atoms with Gasteiger partial charge in [0.1, 0.15) is 0 Å². The SMILES string of the molecule is ON(Nc1ccccc1)c1ccn[nH]1. The van der Waals surface area contributed by atoms with Gasteiger partial charge in [-0.3, -0.25) is 15.7 Å². The number of H-pyrrole nitrogens is 1. The van der Waals surface area contributed by atoms with Crippen LogP contribution in [0.15, 0.2) is 42.6 Å². The Kier molecular flexibility index (Phi) is 2.33. The Labute approximate surface area is 80.9 Å². The molecule has 2 rings (SSSR count). The third-order valence-corrected chi connectivity index (χ3v) is 1.72. The summed E-state index contributed by atoms with van der Waals surface area (Å²) in [6.07, 6.45) is 1.56. The molecule has 1 heterocycles. The van der Waals surface area contributed by atoms with Crippen molar-refractivity contribution in [3.05, 3.63) is 42.6 Å². The number of nitrogens with zero attached hydrogens (tertiary/aromatic N) is 2. The molecule has 5 nitrogen and oxygen atoms in total. The Bertz CT molecular complexity index is 373. The minimum absolute atomic E-state index is 0.480. The highest BCUT2D eigenvalue weighted by Gasteiger charge is 2.02. The number of rotatable bonds is 3. The second-order valence-electron chi connectivity index (χ2n) is 2.73. The van der Waals surface area contributed by atoms with Crippen LogP contribution >= 0.6 is 0 Å². The molecule has 14 heavy (non-hydrogen) atoms. The van der Waals surface area contributed by atoms with E-state index in [1.54, 1.807) is 12.3 Å². The van der Waals surface area contributed by atoms with E-state index in [0.717, 1.165) is 10.9 Å². The van der Waals surface area contributed by atoms with E-state index in [-0.39, 0.29) is 0 Å². The molecule has 0 saturated heterocycles. The topological polar surface area (TPSA) is 64.2 Å². The lowest BCUT2D eigenvalue weighted by molar-refractivity contribution is 0.274. The van der Waals surface area contributed by atoms with Crippen LogP contribution in [0.25, 0.3) is 0 Å². The van der Waals surface area contributed by atoms with Crippen molar-refractivity contribution in [2.75, 3.05) is 10.6 Å². The third-order valence-electron chi connectivity index (χ3n) is 1.72. The summed E-state index contributed by atoms with van der Waals surface area (Å²) in [6, 6.07) is 11.0. The number of para-hydroxylation sites is 1. The molecular formula is C9H10N4O. The molecule has 0 saturated carbocycles. The lowest BCUT2D eigenvalue weighted by Crippen LogP contribution is -2.25. The van der Waals surface area contributed by atoms with Crippen LogP contribution in [0.3, 0.4) is 0 Å². The fraction of sp³-hybridized carbons (Fsp3) is 0. The number of hydrogen-bond donors (Lipinski definition) is 3. The summed E-state index contributed by atoms with van der Waals surface area (Å²) in [5.74, 6) is 0.480. The van der Waals surface area contributed by atoms with Crippen molar-refractivity contribution in [3.63, 3.8) is 0 Å². The van der Waals surface area contributed by atoms with E-state index in [1.165, 1.54) is 0 Å². The third kappa shape index (κ3) is 1.83. The van der Waals surface area contributed by atoms with Crippen molar-refractivity contribution in [1.82, 2.24) is 10.2 Å². The summed E-state index contributed by atoms with van der Waals surface area (Å²) >= 11 is 0. The summed E-state index contributed by atoms with van der Waals surface area (Å²) in [6.45, 7) is 0. The van der Waals surface area contributed by atoms with Gasteiger partial charge in [0.25, 0.3) is 0 Å². The molecule has 2 aromatic rings. The van der Waals surface area contributed by atoms with Gasteiger partial charge in [-0.25, -0.2) is 0 Å². The molecule has 3 N–H and O–H groups in total. The number of aromatic amines is 1. The lowest BCUT2D eigenvalue weighted by atomic mass is 10.3. The van der Waals surface area contributed by atoms with Gasteiger partial charge < -0.3 is 0 Å². The Hall–Kier alpha value is -2.01. The van der Waals surface area contributed by atoms with E-state index in [1.807, 2.05) is 30.3 Å². The predicted octanol–water partition coefficient (Wildman–Crippen LogP) is 1.63. The molecule has 0 aliphatic carbocycles. The minimum atomic E-state index is 0.480. The minimum Gasteiger partial charge on any atom is -0.273 e. The Morgan fingerprint density at radius 2 is 2.00 bits per heavy atom. The van der Waals surface area contributed by atoms with E-state index in [0.29, 0.717) is 5.82 Å². The Morgan fingerprint density at radius 3 is 2.64 bits per heavy atom. The molecule has 0 unspecified atom stereocenters. The molecule has 0 fully saturated rings. The number of benzene rings is 1. The Morgan fingerprint density at radius 1 is 1.21 bits per heavy atom. The summed E-state index contributed by atoms with van der Waals surface area (Å²) in [5.41, 5.74) is 3.56. The highest BCUT2D eigenvalue weighted by molar-refractivity contribution is 5.48. The van der Waals surface area contributed by atoms with E-state index in [2.05, 4.69) is 15.6 Å². The van der Waals surface area contributed by atoms with Crippen LogP contribution in [0, 0.1) is 0 Å². The fourth-order valence-electron chi connectivity index (χ4n) is 1.06. The fourth-order valence-corrected chi connectivity index (χ4v) is 1.06. The van der Waals surface area contributed by atoms with Gasteiger partial charge in [0.2, 0.25) is 0 Å². The highest BCUT2D eigenvalue weighted by atomic mass is 16.5. The van der Waals surface area contributed by atoms with Gasteiger partial charge in [0, 0.05) is 6.07 Å². The molecule has 5 heteroatoms. The molecule has 0 atom stereocenters. The van der Waals surface area contributed by atoms with E-state index in [9.17, 15) is 5.21 Å². The molecule has 1 aromatic heterocycles. The second kappa shape index (κ2) is 3.80. The van der Waals surface area contributed by atoms with Crippen LogP contribution < -0.4 is 10.6 Å². The average molecular weight is 190 g/mol. The highest BCUT2D eigenvalue weighted by Crippen LogP contribution is 2.10. The number of nitrogens with one attached hydrogen (secondary N) is 2. The molecule has 0 amide bonds. The van der Waals surface area contributed by atoms with Crippen molar-refractivity contribution >= 4 is 11.5 Å². The molecule has 0 spiro atoms. The van der Waals surface area contributed by atoms with Crippen LogP contribution in [0.5, 0.6) is 0 Å². The standard InChI is InChI=1S/C9H10N4O/c14-13(9-6-7-10-11-9)12-8-4-2-1-3-5-8/h1-7,12,14H,(H,10,11). The summed E-state index contributed by atoms with van der Waals surface area (Å²) in [4.78, 5) is 0. The van der Waals surface area contributed by atoms with Crippen molar-refractivity contribution in [2.45, 2.75) is 0 Å². The summed E-state index contributed by atoms with van der Waals surface area (Å²) < 4.78 is 0. The van der Waals surface area contributed by atoms with Gasteiger partial charge in [-0.2, -0.15) is 5.10 Å². The van der Waals surface area contributed by atoms with Crippen molar-refractivity contribution < 1.29 is 5.21 Å². The maximum absolute atomic E-state index is 9.51. The van der Waals surface area contributed by atoms with Crippen LogP contribution in [-0.2, 0) is 0 Å². The second-order valence-corrected chi connectivity index (χ2v) is 2.73. The monoisotopic (exact) mass is 190 g/mol. The van der Waals surface area contributed by atoms with E-state index in [4.69, 9.17) is 0 Å². The van der Waals surface area contributed by atoms with Crippen LogP contribution in [-0.4, -0.2) is 15.4 Å². The quantitative estimate of drug-likeness (QED) is 0.644. The van der Waals surface area contributed by atoms with E-state index >= 15 is 0 Å². The maximum atomic E-state index is 9.51. The zero-order valence-electron chi connectivity index (χ0n) is 7.38.